The first-order chi connectivity index (χ1) is 10.9. The number of ether oxygens (including phenoxy) is 1. The number of amides is 1. The highest BCUT2D eigenvalue weighted by Gasteiger charge is 2.41. The maximum atomic E-state index is 13.2. The van der Waals surface area contributed by atoms with Gasteiger partial charge in [-0.2, -0.15) is 0 Å². The van der Waals surface area contributed by atoms with E-state index >= 15 is 0 Å². The minimum atomic E-state index is -0.705. The summed E-state index contributed by atoms with van der Waals surface area (Å²) in [7, 11) is 0. The minimum absolute atomic E-state index is 0.116. The molecule has 1 saturated heterocycles. The number of aliphatic hydroxyl groups is 1. The van der Waals surface area contributed by atoms with Crippen LogP contribution in [0.2, 0.25) is 0 Å². The minimum Gasteiger partial charge on any atom is -0.391 e. The van der Waals surface area contributed by atoms with Crippen molar-refractivity contribution in [2.45, 2.75) is 44.6 Å². The van der Waals surface area contributed by atoms with Crippen LogP contribution in [0.25, 0.3) is 0 Å². The van der Waals surface area contributed by atoms with Gasteiger partial charge in [-0.3, -0.25) is 4.79 Å². The average molecular weight is 323 g/mol. The molecule has 1 aliphatic heterocycles. The van der Waals surface area contributed by atoms with E-state index in [2.05, 4.69) is 5.32 Å². The van der Waals surface area contributed by atoms with Gasteiger partial charge in [0.25, 0.3) is 0 Å². The second-order valence-corrected chi connectivity index (χ2v) is 6.69. The third-order valence-electron chi connectivity index (χ3n) is 4.42. The summed E-state index contributed by atoms with van der Waals surface area (Å²) in [5, 5.41) is 12.8. The number of hydrogen-bond acceptors (Lipinski definition) is 3. The Morgan fingerprint density at radius 2 is 1.91 bits per heavy atom. The molecule has 1 aromatic rings. The topological polar surface area (TPSA) is 58.6 Å². The summed E-state index contributed by atoms with van der Waals surface area (Å²) in [5.74, 6) is -0.0602. The third-order valence-corrected chi connectivity index (χ3v) is 4.42. The molecule has 1 aromatic carbocycles. The molecule has 0 radical (unpaired) electrons. The van der Waals surface area contributed by atoms with E-state index in [-0.39, 0.29) is 18.3 Å². The van der Waals surface area contributed by atoms with E-state index in [0.717, 1.165) is 5.56 Å². The van der Waals surface area contributed by atoms with E-state index in [1.807, 2.05) is 13.8 Å². The highest BCUT2D eigenvalue weighted by Crippen LogP contribution is 2.35. The number of aliphatic hydroxyl groups excluding tert-OH is 1. The first kappa shape index (κ1) is 17.9. The molecule has 0 aromatic heterocycles. The molecule has 2 N–H and O–H groups in total. The molecule has 1 amide bonds. The van der Waals surface area contributed by atoms with Crippen molar-refractivity contribution in [1.82, 2.24) is 5.32 Å². The molecule has 0 saturated carbocycles. The smallest absolute Gasteiger partial charge is 0.230 e. The fraction of sp³-hybridized carbons (Fsp3) is 0.611. The molecule has 1 heterocycles. The van der Waals surface area contributed by atoms with E-state index in [1.54, 1.807) is 12.1 Å². The van der Waals surface area contributed by atoms with Gasteiger partial charge in [0.1, 0.15) is 5.82 Å². The lowest BCUT2D eigenvalue weighted by molar-refractivity contribution is -0.131. The number of halogens is 1. The first-order valence-electron chi connectivity index (χ1n) is 8.24. The van der Waals surface area contributed by atoms with Crippen LogP contribution in [0.3, 0.4) is 0 Å². The maximum Gasteiger partial charge on any atom is 0.230 e. The molecule has 4 nitrogen and oxygen atoms in total. The summed E-state index contributed by atoms with van der Waals surface area (Å²) in [6, 6.07) is 6.11. The molecular formula is C18H26FNO3. The molecule has 0 aliphatic carbocycles. The van der Waals surface area contributed by atoms with Crippen molar-refractivity contribution in [2.24, 2.45) is 5.92 Å². The third kappa shape index (κ3) is 4.52. The van der Waals surface area contributed by atoms with Crippen LogP contribution < -0.4 is 5.32 Å². The molecule has 23 heavy (non-hydrogen) atoms. The lowest BCUT2D eigenvalue weighted by atomic mass is 9.73. The van der Waals surface area contributed by atoms with Crippen LogP contribution in [0.15, 0.2) is 24.3 Å². The SMILES string of the molecule is CC(C)CC(O)CNC(=O)C1(c2ccc(F)cc2)CCOCC1. The number of benzene rings is 1. The number of nitrogens with one attached hydrogen (secondary N) is 1. The summed E-state index contributed by atoms with van der Waals surface area (Å²) < 4.78 is 18.6. The highest BCUT2D eigenvalue weighted by molar-refractivity contribution is 5.88. The zero-order valence-corrected chi connectivity index (χ0v) is 13.8. The molecule has 5 heteroatoms. The maximum absolute atomic E-state index is 13.2. The van der Waals surface area contributed by atoms with Crippen LogP contribution in [0.1, 0.15) is 38.7 Å². The van der Waals surface area contributed by atoms with Crippen molar-refractivity contribution in [2.75, 3.05) is 19.8 Å². The Labute approximate surface area is 137 Å². The fourth-order valence-electron chi connectivity index (χ4n) is 3.14. The van der Waals surface area contributed by atoms with Gasteiger partial charge in [-0.1, -0.05) is 26.0 Å². The lowest BCUT2D eigenvalue weighted by Crippen LogP contribution is -2.49. The lowest BCUT2D eigenvalue weighted by Gasteiger charge is -2.36. The average Bonchev–Trinajstić information content (AvgIpc) is 2.53. The molecule has 1 aliphatic rings. The summed E-state index contributed by atoms with van der Waals surface area (Å²) in [6.07, 6.45) is 1.21. The molecule has 1 unspecified atom stereocenters. The van der Waals surface area contributed by atoms with Gasteiger partial charge in [-0.05, 0) is 42.9 Å². The molecular weight excluding hydrogens is 297 g/mol. The van der Waals surface area contributed by atoms with E-state index in [9.17, 15) is 14.3 Å². The Bertz CT molecular complexity index is 510. The van der Waals surface area contributed by atoms with Gasteiger partial charge >= 0.3 is 0 Å². The van der Waals surface area contributed by atoms with Gasteiger partial charge in [-0.15, -0.1) is 0 Å². The van der Waals surface area contributed by atoms with Crippen molar-refractivity contribution in [3.63, 3.8) is 0 Å². The van der Waals surface area contributed by atoms with Crippen molar-refractivity contribution in [3.05, 3.63) is 35.6 Å². The highest BCUT2D eigenvalue weighted by atomic mass is 19.1. The normalized spacial score (nSPS) is 18.7. The van der Waals surface area contributed by atoms with Gasteiger partial charge in [-0.25, -0.2) is 4.39 Å². The Hall–Kier alpha value is -1.46. The second-order valence-electron chi connectivity index (χ2n) is 6.69. The van der Waals surface area contributed by atoms with Crippen LogP contribution in [0.4, 0.5) is 4.39 Å². The number of hydrogen-bond donors (Lipinski definition) is 2. The summed E-state index contributed by atoms with van der Waals surface area (Å²) >= 11 is 0. The zero-order chi connectivity index (χ0) is 16.9. The van der Waals surface area contributed by atoms with E-state index in [1.165, 1.54) is 12.1 Å². The van der Waals surface area contributed by atoms with Crippen molar-refractivity contribution in [1.29, 1.82) is 0 Å². The van der Waals surface area contributed by atoms with E-state index in [4.69, 9.17) is 4.74 Å². The summed E-state index contributed by atoms with van der Waals surface area (Å²) in [5.41, 5.74) is 0.0989. The van der Waals surface area contributed by atoms with E-state index in [0.29, 0.717) is 38.4 Å². The quantitative estimate of drug-likeness (QED) is 0.845. The van der Waals surface area contributed by atoms with Gasteiger partial charge in [0.15, 0.2) is 0 Å². The second kappa shape index (κ2) is 7.88. The first-order valence-corrected chi connectivity index (χ1v) is 8.24. The number of carbonyl (C=O) groups excluding carboxylic acids is 1. The Morgan fingerprint density at radius 3 is 2.48 bits per heavy atom. The van der Waals surface area contributed by atoms with Crippen LogP contribution in [-0.4, -0.2) is 36.9 Å². The van der Waals surface area contributed by atoms with E-state index < -0.39 is 11.5 Å². The standard InChI is InChI=1S/C18H26FNO3/c1-13(2)11-16(21)12-20-17(22)18(7-9-23-10-8-18)14-3-5-15(19)6-4-14/h3-6,13,16,21H,7-12H2,1-2H3,(H,20,22). The molecule has 2 rings (SSSR count). The van der Waals surface area contributed by atoms with Crippen molar-refractivity contribution in [3.8, 4) is 0 Å². The molecule has 128 valence electrons. The Balaban J connectivity index is 2.11. The Kier molecular flexibility index (Phi) is 6.13. The van der Waals surface area contributed by atoms with Gasteiger partial charge < -0.3 is 15.2 Å². The van der Waals surface area contributed by atoms with Crippen LogP contribution >= 0.6 is 0 Å². The number of rotatable bonds is 6. The summed E-state index contributed by atoms with van der Waals surface area (Å²) in [4.78, 5) is 12.8. The number of carbonyl (C=O) groups is 1. The molecule has 0 spiro atoms. The van der Waals surface area contributed by atoms with Crippen LogP contribution in [-0.2, 0) is 14.9 Å². The predicted octanol–water partition coefficient (Wildman–Crippen LogP) is 2.40. The molecule has 1 atom stereocenters. The van der Waals surface area contributed by atoms with Gasteiger partial charge in [0.2, 0.25) is 5.91 Å². The van der Waals surface area contributed by atoms with Crippen molar-refractivity contribution >= 4 is 5.91 Å². The largest absolute Gasteiger partial charge is 0.391 e. The fourth-order valence-corrected chi connectivity index (χ4v) is 3.14. The molecule has 1 fully saturated rings. The Morgan fingerprint density at radius 1 is 1.30 bits per heavy atom. The van der Waals surface area contributed by atoms with Crippen LogP contribution in [0, 0.1) is 11.7 Å². The zero-order valence-electron chi connectivity index (χ0n) is 13.8. The summed E-state index contributed by atoms with van der Waals surface area (Å²) in [6.45, 7) is 5.30. The monoisotopic (exact) mass is 323 g/mol. The predicted molar refractivity (Wildman–Crippen MR) is 86.6 cm³/mol. The molecule has 0 bridgehead atoms. The van der Waals surface area contributed by atoms with Gasteiger partial charge in [0.05, 0.1) is 11.5 Å². The van der Waals surface area contributed by atoms with Gasteiger partial charge in [0, 0.05) is 19.8 Å². The van der Waals surface area contributed by atoms with Crippen molar-refractivity contribution < 1.29 is 19.0 Å². The van der Waals surface area contributed by atoms with Crippen LogP contribution in [0.5, 0.6) is 0 Å².